The van der Waals surface area contributed by atoms with Crippen LogP contribution in [0.15, 0.2) is 42.6 Å². The molecular formula is C28H26ClF2N5O4. The number of nitrogens with zero attached hydrogens (tertiary/aromatic N) is 2. The van der Waals surface area contributed by atoms with Crippen LogP contribution in [0, 0.1) is 11.6 Å². The smallest absolute Gasteiger partial charge is 0.411 e. The molecule has 208 valence electrons. The van der Waals surface area contributed by atoms with E-state index in [2.05, 4.69) is 20.4 Å². The summed E-state index contributed by atoms with van der Waals surface area (Å²) in [5, 5.41) is 5.26. The molecule has 1 aromatic heterocycles. The fourth-order valence-electron chi connectivity index (χ4n) is 5.02. The first-order valence-corrected chi connectivity index (χ1v) is 13.1. The SMILES string of the molecule is COC(=O)Nc1ccc2c(c1)NC(=O)CCCC[C@H](N1CCC(c3c(F)ccc(Cl)c3F)=CC1=O)c1nc-2c[nH]1. The maximum Gasteiger partial charge on any atom is 0.411 e. The highest BCUT2D eigenvalue weighted by molar-refractivity contribution is 6.31. The van der Waals surface area contributed by atoms with Gasteiger partial charge in [-0.3, -0.25) is 14.9 Å². The first-order chi connectivity index (χ1) is 19.2. The van der Waals surface area contributed by atoms with Gasteiger partial charge in [0.1, 0.15) is 11.6 Å². The molecule has 0 spiro atoms. The lowest BCUT2D eigenvalue weighted by molar-refractivity contribution is -0.129. The van der Waals surface area contributed by atoms with Gasteiger partial charge in [-0.15, -0.1) is 0 Å². The Hall–Kier alpha value is -4.25. The molecule has 0 radical (unpaired) electrons. The zero-order valence-corrected chi connectivity index (χ0v) is 22.3. The van der Waals surface area contributed by atoms with E-state index in [0.29, 0.717) is 47.7 Å². The molecule has 2 aliphatic heterocycles. The van der Waals surface area contributed by atoms with Crippen LogP contribution in [0.2, 0.25) is 5.02 Å². The molecule has 9 nitrogen and oxygen atoms in total. The van der Waals surface area contributed by atoms with Gasteiger partial charge in [-0.25, -0.2) is 18.6 Å². The second-order valence-electron chi connectivity index (χ2n) is 9.53. The molecule has 5 rings (SSSR count). The largest absolute Gasteiger partial charge is 0.453 e. The van der Waals surface area contributed by atoms with Gasteiger partial charge in [-0.2, -0.15) is 0 Å². The predicted molar refractivity (Wildman–Crippen MR) is 146 cm³/mol. The number of aromatic nitrogens is 2. The molecule has 3 heterocycles. The predicted octanol–water partition coefficient (Wildman–Crippen LogP) is 6.06. The van der Waals surface area contributed by atoms with Gasteiger partial charge in [0.05, 0.1) is 35.1 Å². The van der Waals surface area contributed by atoms with E-state index in [9.17, 15) is 23.2 Å². The average Bonchev–Trinajstić information content (AvgIpc) is 3.41. The fraction of sp³-hybridized carbons (Fsp3) is 0.286. The number of fused-ring (bicyclic) bond motifs is 4. The summed E-state index contributed by atoms with van der Waals surface area (Å²) >= 11 is 5.86. The molecule has 0 fully saturated rings. The summed E-state index contributed by atoms with van der Waals surface area (Å²) in [7, 11) is 1.25. The normalized spacial score (nSPS) is 17.6. The Morgan fingerprint density at radius 2 is 2.00 bits per heavy atom. The zero-order chi connectivity index (χ0) is 28.4. The highest BCUT2D eigenvalue weighted by Crippen LogP contribution is 2.37. The van der Waals surface area contributed by atoms with E-state index < -0.39 is 29.7 Å². The van der Waals surface area contributed by atoms with E-state index >= 15 is 0 Å². The molecule has 3 amide bonds. The number of hydrogen-bond donors (Lipinski definition) is 3. The number of nitrogens with one attached hydrogen (secondary N) is 3. The molecule has 0 unspecified atom stereocenters. The Morgan fingerprint density at radius 1 is 1.18 bits per heavy atom. The molecule has 12 heteroatoms. The number of imidazole rings is 1. The van der Waals surface area contributed by atoms with E-state index in [1.54, 1.807) is 29.3 Å². The van der Waals surface area contributed by atoms with Crippen LogP contribution in [-0.4, -0.2) is 46.4 Å². The number of benzene rings is 2. The number of halogens is 3. The Morgan fingerprint density at radius 3 is 2.77 bits per heavy atom. The minimum absolute atomic E-state index is 0.198. The number of carbonyl (C=O) groups is 3. The number of aromatic amines is 1. The van der Waals surface area contributed by atoms with Crippen LogP contribution < -0.4 is 10.6 Å². The van der Waals surface area contributed by atoms with Crippen LogP contribution in [0.3, 0.4) is 0 Å². The van der Waals surface area contributed by atoms with Gasteiger partial charge in [-0.05, 0) is 55.2 Å². The zero-order valence-electron chi connectivity index (χ0n) is 21.5. The molecule has 2 aromatic carbocycles. The summed E-state index contributed by atoms with van der Waals surface area (Å²) in [5.74, 6) is -1.71. The lowest BCUT2D eigenvalue weighted by Crippen LogP contribution is -2.38. The first kappa shape index (κ1) is 27.3. The van der Waals surface area contributed by atoms with Gasteiger partial charge in [0.15, 0.2) is 5.82 Å². The maximum atomic E-state index is 14.6. The molecule has 2 aliphatic rings. The van der Waals surface area contributed by atoms with Crippen molar-refractivity contribution in [3.8, 4) is 11.3 Å². The van der Waals surface area contributed by atoms with E-state index in [1.807, 2.05) is 0 Å². The molecule has 3 N–H and O–H groups in total. The Kier molecular flexibility index (Phi) is 7.83. The van der Waals surface area contributed by atoms with Gasteiger partial charge in [0, 0.05) is 36.5 Å². The lowest BCUT2D eigenvalue weighted by Gasteiger charge is -2.33. The van der Waals surface area contributed by atoms with Crippen molar-refractivity contribution in [2.24, 2.45) is 0 Å². The second kappa shape index (κ2) is 11.5. The number of rotatable bonds is 3. The summed E-state index contributed by atoms with van der Waals surface area (Å²) in [4.78, 5) is 47.2. The Labute approximate surface area is 233 Å². The summed E-state index contributed by atoms with van der Waals surface area (Å²) in [6.07, 6.45) is 4.50. The molecule has 0 saturated heterocycles. The second-order valence-corrected chi connectivity index (χ2v) is 9.93. The van der Waals surface area contributed by atoms with E-state index in [0.717, 1.165) is 12.1 Å². The average molecular weight is 570 g/mol. The lowest BCUT2D eigenvalue weighted by atomic mass is 9.96. The van der Waals surface area contributed by atoms with Crippen molar-refractivity contribution in [2.45, 2.75) is 38.1 Å². The van der Waals surface area contributed by atoms with Crippen molar-refractivity contribution in [1.82, 2.24) is 14.9 Å². The summed E-state index contributed by atoms with van der Waals surface area (Å²) in [5.41, 5.74) is 1.99. The van der Waals surface area contributed by atoms with Gasteiger partial charge < -0.3 is 19.9 Å². The van der Waals surface area contributed by atoms with Gasteiger partial charge in [-0.1, -0.05) is 18.0 Å². The van der Waals surface area contributed by atoms with Crippen LogP contribution in [0.5, 0.6) is 0 Å². The number of amides is 3. The van der Waals surface area contributed by atoms with Crippen molar-refractivity contribution < 1.29 is 27.9 Å². The van der Waals surface area contributed by atoms with Crippen LogP contribution >= 0.6 is 11.6 Å². The van der Waals surface area contributed by atoms with Crippen LogP contribution in [0.4, 0.5) is 25.0 Å². The topological polar surface area (TPSA) is 116 Å². The van der Waals surface area contributed by atoms with Crippen LogP contribution in [0.25, 0.3) is 16.8 Å². The van der Waals surface area contributed by atoms with E-state index in [4.69, 9.17) is 16.6 Å². The first-order valence-electron chi connectivity index (χ1n) is 12.7. The Balaban J connectivity index is 1.47. The molecule has 1 atom stereocenters. The maximum absolute atomic E-state index is 14.6. The number of hydrogen-bond acceptors (Lipinski definition) is 5. The van der Waals surface area contributed by atoms with Crippen molar-refractivity contribution >= 4 is 46.5 Å². The van der Waals surface area contributed by atoms with Crippen molar-refractivity contribution in [1.29, 1.82) is 0 Å². The molecule has 3 aromatic rings. The molecule has 0 saturated carbocycles. The third-order valence-corrected chi connectivity index (χ3v) is 7.28. The number of ether oxygens (including phenoxy) is 1. The molecular weight excluding hydrogens is 544 g/mol. The molecule has 40 heavy (non-hydrogen) atoms. The van der Waals surface area contributed by atoms with Crippen LogP contribution in [0.1, 0.15) is 49.5 Å². The number of carbonyl (C=O) groups excluding carboxylic acids is 3. The highest BCUT2D eigenvalue weighted by Gasteiger charge is 2.31. The monoisotopic (exact) mass is 569 g/mol. The van der Waals surface area contributed by atoms with Crippen molar-refractivity contribution in [3.05, 3.63) is 70.6 Å². The van der Waals surface area contributed by atoms with Crippen LogP contribution in [-0.2, 0) is 14.3 Å². The molecule has 2 bridgehead atoms. The number of methoxy groups -OCH3 is 1. The minimum Gasteiger partial charge on any atom is -0.453 e. The van der Waals surface area contributed by atoms with E-state index in [1.165, 1.54) is 13.2 Å². The summed E-state index contributed by atoms with van der Waals surface area (Å²) in [6.45, 7) is 0.219. The van der Waals surface area contributed by atoms with Crippen molar-refractivity contribution in [3.63, 3.8) is 0 Å². The number of H-pyrrole nitrogens is 1. The van der Waals surface area contributed by atoms with Gasteiger partial charge >= 0.3 is 6.09 Å². The quantitative estimate of drug-likeness (QED) is 0.332. The van der Waals surface area contributed by atoms with Gasteiger partial charge in [0.25, 0.3) is 0 Å². The molecule has 0 aliphatic carbocycles. The third kappa shape index (κ3) is 5.55. The van der Waals surface area contributed by atoms with E-state index in [-0.39, 0.29) is 41.5 Å². The summed E-state index contributed by atoms with van der Waals surface area (Å²) < 4.78 is 33.7. The highest BCUT2D eigenvalue weighted by atomic mass is 35.5. The summed E-state index contributed by atoms with van der Waals surface area (Å²) in [6, 6.07) is 6.78. The van der Waals surface area contributed by atoms with Gasteiger partial charge in [0.2, 0.25) is 11.8 Å². The minimum atomic E-state index is -0.891. The fourth-order valence-corrected chi connectivity index (χ4v) is 5.18. The third-order valence-electron chi connectivity index (χ3n) is 6.99. The van der Waals surface area contributed by atoms with Crippen molar-refractivity contribution in [2.75, 3.05) is 24.3 Å². The number of anilines is 2. The standard InChI is InChI=1S/C28H26ClF2N5O4/c1-40-28(39)33-16-6-7-17-20(13-16)34-23(37)5-3-2-4-22(27-32-14-21(17)35-27)36-11-10-15(12-24(36)38)25-19(30)9-8-18(29)26(25)31/h6-9,12-14,22H,2-5,10-11H2,1H3,(H,32,35)(H,33,39)(H,34,37)/t22-/m0/s1. The Bertz CT molecular complexity index is 1520.